The van der Waals surface area contributed by atoms with Crippen LogP contribution in [0.2, 0.25) is 0 Å². The Labute approximate surface area is 91.8 Å². The van der Waals surface area contributed by atoms with Crippen LogP contribution in [0, 0.1) is 5.92 Å². The zero-order valence-corrected chi connectivity index (χ0v) is 9.58. The molecule has 0 aromatic rings. The number of ether oxygens (including phenoxy) is 1. The first-order chi connectivity index (χ1) is 7.24. The van der Waals surface area contributed by atoms with Crippen molar-refractivity contribution in [2.75, 3.05) is 6.61 Å². The molecule has 0 aromatic heterocycles. The maximum atomic E-state index is 11.2. The van der Waals surface area contributed by atoms with Crippen molar-refractivity contribution in [1.82, 2.24) is 0 Å². The van der Waals surface area contributed by atoms with Gasteiger partial charge in [0.25, 0.3) is 0 Å². The summed E-state index contributed by atoms with van der Waals surface area (Å²) in [7, 11) is 0. The van der Waals surface area contributed by atoms with Crippen LogP contribution in [-0.2, 0) is 9.53 Å². The van der Waals surface area contributed by atoms with Gasteiger partial charge in [-0.05, 0) is 25.7 Å². The van der Waals surface area contributed by atoms with Gasteiger partial charge in [-0.3, -0.25) is 4.79 Å². The first-order valence-corrected chi connectivity index (χ1v) is 6.07. The molecule has 1 aliphatic rings. The molecule has 88 valence electrons. The number of hydrogen-bond acceptors (Lipinski definition) is 3. The number of aliphatic hydroxyl groups is 1. The molecule has 15 heavy (non-hydrogen) atoms. The molecule has 0 aromatic carbocycles. The summed E-state index contributed by atoms with van der Waals surface area (Å²) in [6.07, 6.45) is 6.68. The van der Waals surface area contributed by atoms with Crippen molar-refractivity contribution in [3.05, 3.63) is 0 Å². The van der Waals surface area contributed by atoms with Gasteiger partial charge in [0.1, 0.15) is 0 Å². The molecule has 0 radical (unpaired) electrons. The number of hydrogen-bond donors (Lipinski definition) is 1. The first kappa shape index (κ1) is 12.5. The lowest BCUT2D eigenvalue weighted by molar-refractivity contribution is -0.146. The summed E-state index contributed by atoms with van der Waals surface area (Å²) in [6.45, 7) is 2.19. The Hall–Kier alpha value is -0.570. The quantitative estimate of drug-likeness (QED) is 0.577. The number of esters is 1. The van der Waals surface area contributed by atoms with Gasteiger partial charge in [-0.1, -0.05) is 25.7 Å². The third kappa shape index (κ3) is 4.65. The lowest BCUT2D eigenvalue weighted by Gasteiger charge is -2.20. The van der Waals surface area contributed by atoms with Gasteiger partial charge >= 0.3 is 5.97 Å². The van der Waals surface area contributed by atoms with Crippen molar-refractivity contribution in [2.45, 2.75) is 58.0 Å². The van der Waals surface area contributed by atoms with Gasteiger partial charge in [0, 0.05) is 0 Å². The van der Waals surface area contributed by atoms with Crippen LogP contribution < -0.4 is 0 Å². The standard InChI is InChI=1S/C12H22O3/c1-2-15-12(14)9-11(13)10-7-5-3-4-6-8-10/h10-11,13H,2-9H2,1H3. The van der Waals surface area contributed by atoms with Gasteiger partial charge in [0.2, 0.25) is 0 Å². The second-order valence-corrected chi connectivity index (χ2v) is 4.33. The van der Waals surface area contributed by atoms with E-state index in [1.807, 2.05) is 0 Å². The highest BCUT2D eigenvalue weighted by Gasteiger charge is 2.23. The Bertz CT molecular complexity index is 183. The smallest absolute Gasteiger partial charge is 0.308 e. The lowest BCUT2D eigenvalue weighted by atomic mass is 9.92. The van der Waals surface area contributed by atoms with E-state index in [4.69, 9.17) is 4.74 Å². The number of aliphatic hydroxyl groups excluding tert-OH is 1. The highest BCUT2D eigenvalue weighted by Crippen LogP contribution is 2.26. The van der Waals surface area contributed by atoms with Crippen LogP contribution in [0.25, 0.3) is 0 Å². The highest BCUT2D eigenvalue weighted by molar-refractivity contribution is 5.69. The zero-order chi connectivity index (χ0) is 11.1. The molecule has 1 N–H and O–H groups in total. The minimum atomic E-state index is -0.498. The summed E-state index contributed by atoms with van der Waals surface area (Å²) in [5, 5.41) is 9.90. The van der Waals surface area contributed by atoms with Crippen LogP contribution in [0.5, 0.6) is 0 Å². The lowest BCUT2D eigenvalue weighted by Crippen LogP contribution is -2.24. The second kappa shape index (κ2) is 6.83. The molecule has 1 unspecified atom stereocenters. The average molecular weight is 214 g/mol. The molecule has 1 atom stereocenters. The van der Waals surface area contributed by atoms with E-state index in [-0.39, 0.29) is 12.4 Å². The largest absolute Gasteiger partial charge is 0.466 e. The summed E-state index contributed by atoms with van der Waals surface area (Å²) in [6, 6.07) is 0. The fourth-order valence-corrected chi connectivity index (χ4v) is 2.25. The van der Waals surface area contributed by atoms with Gasteiger partial charge in [-0.15, -0.1) is 0 Å². The average Bonchev–Trinajstić information content (AvgIpc) is 2.45. The van der Waals surface area contributed by atoms with Crippen LogP contribution in [0.1, 0.15) is 51.9 Å². The van der Waals surface area contributed by atoms with Crippen LogP contribution >= 0.6 is 0 Å². The molecule has 0 aliphatic heterocycles. The van der Waals surface area contributed by atoms with Gasteiger partial charge < -0.3 is 9.84 Å². The van der Waals surface area contributed by atoms with Crippen molar-refractivity contribution in [3.8, 4) is 0 Å². The summed E-state index contributed by atoms with van der Waals surface area (Å²) in [5.74, 6) is 0.0335. The van der Waals surface area contributed by atoms with Crippen molar-refractivity contribution < 1.29 is 14.6 Å². The normalized spacial score (nSPS) is 20.7. The van der Waals surface area contributed by atoms with Crippen LogP contribution in [-0.4, -0.2) is 23.8 Å². The second-order valence-electron chi connectivity index (χ2n) is 4.33. The van der Waals surface area contributed by atoms with Crippen molar-refractivity contribution in [2.24, 2.45) is 5.92 Å². The van der Waals surface area contributed by atoms with E-state index in [9.17, 15) is 9.90 Å². The predicted octanol–water partition coefficient (Wildman–Crippen LogP) is 2.27. The summed E-state index contributed by atoms with van der Waals surface area (Å²) >= 11 is 0. The topological polar surface area (TPSA) is 46.5 Å². The molecule has 3 nitrogen and oxygen atoms in total. The molecule has 1 saturated carbocycles. The van der Waals surface area contributed by atoms with E-state index in [2.05, 4.69) is 0 Å². The molecular weight excluding hydrogens is 192 g/mol. The van der Waals surface area contributed by atoms with Gasteiger partial charge in [0.05, 0.1) is 19.1 Å². The van der Waals surface area contributed by atoms with Crippen molar-refractivity contribution >= 4 is 5.97 Å². The maximum absolute atomic E-state index is 11.2. The molecule has 1 rings (SSSR count). The third-order valence-corrected chi connectivity index (χ3v) is 3.13. The molecule has 0 spiro atoms. The number of rotatable bonds is 4. The van der Waals surface area contributed by atoms with Crippen LogP contribution in [0.3, 0.4) is 0 Å². The van der Waals surface area contributed by atoms with Crippen LogP contribution in [0.4, 0.5) is 0 Å². The van der Waals surface area contributed by atoms with E-state index < -0.39 is 6.10 Å². The Morgan fingerprint density at radius 1 is 1.33 bits per heavy atom. The predicted molar refractivity (Wildman–Crippen MR) is 58.4 cm³/mol. The molecule has 0 bridgehead atoms. The van der Waals surface area contributed by atoms with E-state index in [0.29, 0.717) is 12.5 Å². The molecule has 1 aliphatic carbocycles. The fraction of sp³-hybridized carbons (Fsp3) is 0.917. The number of carbonyl (C=O) groups excluding carboxylic acids is 1. The van der Waals surface area contributed by atoms with E-state index in [1.165, 1.54) is 25.7 Å². The summed E-state index contributed by atoms with van der Waals surface area (Å²) in [4.78, 5) is 11.2. The highest BCUT2D eigenvalue weighted by atomic mass is 16.5. The Kier molecular flexibility index (Phi) is 5.69. The minimum Gasteiger partial charge on any atom is -0.466 e. The third-order valence-electron chi connectivity index (χ3n) is 3.13. The van der Waals surface area contributed by atoms with Crippen LogP contribution in [0.15, 0.2) is 0 Å². The van der Waals surface area contributed by atoms with Gasteiger partial charge in [-0.25, -0.2) is 0 Å². The molecule has 1 fully saturated rings. The number of carbonyl (C=O) groups is 1. The minimum absolute atomic E-state index is 0.165. The maximum Gasteiger partial charge on any atom is 0.308 e. The van der Waals surface area contributed by atoms with Gasteiger partial charge in [0.15, 0.2) is 0 Å². The van der Waals surface area contributed by atoms with E-state index in [1.54, 1.807) is 6.92 Å². The Morgan fingerprint density at radius 2 is 1.93 bits per heavy atom. The Balaban J connectivity index is 2.30. The molecule has 3 heteroatoms. The SMILES string of the molecule is CCOC(=O)CC(O)C1CCCCCC1. The first-order valence-electron chi connectivity index (χ1n) is 6.07. The molecule has 0 amide bonds. The molecule has 0 heterocycles. The van der Waals surface area contributed by atoms with Crippen molar-refractivity contribution in [1.29, 1.82) is 0 Å². The summed E-state index contributed by atoms with van der Waals surface area (Å²) in [5.41, 5.74) is 0. The van der Waals surface area contributed by atoms with E-state index >= 15 is 0 Å². The summed E-state index contributed by atoms with van der Waals surface area (Å²) < 4.78 is 4.84. The van der Waals surface area contributed by atoms with Gasteiger partial charge in [-0.2, -0.15) is 0 Å². The van der Waals surface area contributed by atoms with E-state index in [0.717, 1.165) is 12.8 Å². The fourth-order valence-electron chi connectivity index (χ4n) is 2.25. The zero-order valence-electron chi connectivity index (χ0n) is 9.58. The molecular formula is C12H22O3. The monoisotopic (exact) mass is 214 g/mol. The molecule has 0 saturated heterocycles. The Morgan fingerprint density at radius 3 is 2.47 bits per heavy atom. The van der Waals surface area contributed by atoms with Crippen molar-refractivity contribution in [3.63, 3.8) is 0 Å².